The monoisotopic (exact) mass is 298 g/mol. The van der Waals surface area contributed by atoms with Crippen molar-refractivity contribution < 1.29 is 8.42 Å². The van der Waals surface area contributed by atoms with Crippen LogP contribution in [0.2, 0.25) is 0 Å². The van der Waals surface area contributed by atoms with Gasteiger partial charge in [0.05, 0.1) is 4.90 Å². The first-order valence-corrected chi connectivity index (χ1v) is 9.10. The van der Waals surface area contributed by atoms with Crippen LogP contribution in [0.5, 0.6) is 0 Å². The predicted molar refractivity (Wildman–Crippen MR) is 77.7 cm³/mol. The number of rotatable bonds is 2. The highest BCUT2D eigenvalue weighted by Crippen LogP contribution is 2.26. The van der Waals surface area contributed by atoms with E-state index in [9.17, 15) is 8.42 Å². The number of benzene rings is 1. The third-order valence-corrected chi connectivity index (χ3v) is 6.92. The summed E-state index contributed by atoms with van der Waals surface area (Å²) in [6.45, 7) is 4.21. The van der Waals surface area contributed by atoms with Gasteiger partial charge >= 0.3 is 0 Å². The second kappa shape index (κ2) is 5.09. The summed E-state index contributed by atoms with van der Waals surface area (Å²) in [4.78, 5) is 0.439. The Morgan fingerprint density at radius 2 is 2.11 bits per heavy atom. The molecule has 0 spiro atoms. The molecule has 1 unspecified atom stereocenters. The average molecular weight is 298 g/mol. The van der Waals surface area contributed by atoms with Crippen LogP contribution in [0.4, 0.5) is 0 Å². The van der Waals surface area contributed by atoms with Gasteiger partial charge in [0, 0.05) is 37.2 Å². The Labute approximate surface area is 118 Å². The van der Waals surface area contributed by atoms with E-state index in [1.54, 1.807) is 10.4 Å². The van der Waals surface area contributed by atoms with Gasteiger partial charge in [0.25, 0.3) is 0 Å². The highest BCUT2D eigenvalue weighted by Gasteiger charge is 2.31. The van der Waals surface area contributed by atoms with Crippen molar-refractivity contribution in [2.45, 2.75) is 31.0 Å². The molecule has 0 radical (unpaired) electrons. The molecule has 1 atom stereocenters. The third-order valence-electron chi connectivity index (χ3n) is 3.72. The minimum absolute atomic E-state index is 0.0788. The molecule has 4 nitrogen and oxygen atoms in total. The Morgan fingerprint density at radius 3 is 2.89 bits per heavy atom. The molecule has 1 fully saturated rings. The van der Waals surface area contributed by atoms with Crippen LogP contribution in [-0.4, -0.2) is 36.8 Å². The van der Waals surface area contributed by atoms with E-state index in [0.29, 0.717) is 11.4 Å². The Hall–Kier alpha value is -0.560. The number of hydrogen-bond donors (Lipinski definition) is 1. The first kappa shape index (κ1) is 13.4. The smallest absolute Gasteiger partial charge is 0.243 e. The predicted octanol–water partition coefficient (Wildman–Crippen LogP) is 1.42. The van der Waals surface area contributed by atoms with Crippen molar-refractivity contribution in [3.63, 3.8) is 0 Å². The van der Waals surface area contributed by atoms with E-state index in [1.165, 1.54) is 5.56 Å². The summed E-state index contributed by atoms with van der Waals surface area (Å²) in [5.41, 5.74) is 2.32. The van der Waals surface area contributed by atoms with E-state index >= 15 is 0 Å². The van der Waals surface area contributed by atoms with Gasteiger partial charge in [-0.2, -0.15) is 16.1 Å². The van der Waals surface area contributed by atoms with E-state index in [-0.39, 0.29) is 6.04 Å². The third kappa shape index (κ3) is 2.42. The second-order valence-corrected chi connectivity index (χ2v) is 8.11. The van der Waals surface area contributed by atoms with Gasteiger partial charge in [0.2, 0.25) is 10.0 Å². The number of nitrogens with zero attached hydrogens (tertiary/aromatic N) is 1. The van der Waals surface area contributed by atoms with Crippen LogP contribution >= 0.6 is 11.8 Å². The van der Waals surface area contributed by atoms with E-state index in [0.717, 1.165) is 30.2 Å². The number of thioether (sulfide) groups is 1. The van der Waals surface area contributed by atoms with Crippen molar-refractivity contribution in [1.29, 1.82) is 0 Å². The molecule has 2 heterocycles. The Balaban J connectivity index is 1.95. The number of sulfonamides is 1. The molecule has 0 saturated carbocycles. The topological polar surface area (TPSA) is 49.4 Å². The van der Waals surface area contributed by atoms with Gasteiger partial charge in [0.15, 0.2) is 0 Å². The molecule has 2 aliphatic heterocycles. The van der Waals surface area contributed by atoms with Gasteiger partial charge in [0.1, 0.15) is 0 Å². The summed E-state index contributed by atoms with van der Waals surface area (Å²) in [7, 11) is -3.34. The van der Waals surface area contributed by atoms with E-state index < -0.39 is 10.0 Å². The zero-order valence-corrected chi connectivity index (χ0v) is 12.6. The van der Waals surface area contributed by atoms with Gasteiger partial charge in [-0.25, -0.2) is 8.42 Å². The zero-order chi connectivity index (χ0) is 13.5. The normalized spacial score (nSPS) is 24.4. The Morgan fingerprint density at radius 1 is 1.32 bits per heavy atom. The standard InChI is InChI=1S/C13H18N2O2S2/c1-10-9-18-5-4-15(10)19(16,17)13-3-2-11-7-14-8-12(11)6-13/h2-3,6,10,14H,4-5,7-9H2,1H3. The van der Waals surface area contributed by atoms with Gasteiger partial charge in [-0.05, 0) is 30.2 Å². The van der Waals surface area contributed by atoms with E-state index in [2.05, 4.69) is 5.32 Å². The van der Waals surface area contributed by atoms with Crippen molar-refractivity contribution in [3.05, 3.63) is 29.3 Å². The average Bonchev–Trinajstić information content (AvgIpc) is 2.86. The Kier molecular flexibility index (Phi) is 3.59. The molecule has 104 valence electrons. The highest BCUT2D eigenvalue weighted by atomic mass is 32.2. The van der Waals surface area contributed by atoms with Crippen molar-refractivity contribution in [1.82, 2.24) is 9.62 Å². The van der Waals surface area contributed by atoms with Gasteiger partial charge in [-0.15, -0.1) is 0 Å². The summed E-state index contributed by atoms with van der Waals surface area (Å²) in [6, 6.07) is 5.59. The molecule has 1 saturated heterocycles. The maximum atomic E-state index is 12.7. The number of nitrogens with one attached hydrogen (secondary N) is 1. The van der Waals surface area contributed by atoms with Crippen LogP contribution in [-0.2, 0) is 23.1 Å². The molecular weight excluding hydrogens is 280 g/mol. The van der Waals surface area contributed by atoms with E-state index in [4.69, 9.17) is 0 Å². The number of hydrogen-bond acceptors (Lipinski definition) is 4. The van der Waals surface area contributed by atoms with E-state index in [1.807, 2.05) is 30.8 Å². The lowest BCUT2D eigenvalue weighted by Crippen LogP contribution is -2.44. The molecule has 1 aromatic carbocycles. The van der Waals surface area contributed by atoms with Crippen molar-refractivity contribution >= 4 is 21.8 Å². The van der Waals surface area contributed by atoms with Crippen LogP contribution in [0.1, 0.15) is 18.1 Å². The van der Waals surface area contributed by atoms with Crippen LogP contribution in [0.25, 0.3) is 0 Å². The van der Waals surface area contributed by atoms with Crippen LogP contribution < -0.4 is 5.32 Å². The molecule has 0 amide bonds. The summed E-state index contributed by atoms with van der Waals surface area (Å²) in [5, 5.41) is 3.24. The fourth-order valence-electron chi connectivity index (χ4n) is 2.64. The fourth-order valence-corrected chi connectivity index (χ4v) is 5.54. The lowest BCUT2D eigenvalue weighted by atomic mass is 10.1. The summed E-state index contributed by atoms with van der Waals surface area (Å²) in [6.07, 6.45) is 0. The maximum Gasteiger partial charge on any atom is 0.243 e. The molecule has 1 aromatic rings. The summed E-state index contributed by atoms with van der Waals surface area (Å²) < 4.78 is 27.0. The van der Waals surface area contributed by atoms with Crippen molar-refractivity contribution in [3.8, 4) is 0 Å². The number of fused-ring (bicyclic) bond motifs is 1. The van der Waals surface area contributed by atoms with Crippen molar-refractivity contribution in [2.75, 3.05) is 18.1 Å². The molecule has 1 N–H and O–H groups in total. The second-order valence-electron chi connectivity index (χ2n) is 5.07. The molecule has 6 heteroatoms. The molecule has 0 aromatic heterocycles. The first-order valence-electron chi connectivity index (χ1n) is 6.51. The van der Waals surface area contributed by atoms with Crippen LogP contribution in [0.3, 0.4) is 0 Å². The minimum atomic E-state index is -3.34. The quantitative estimate of drug-likeness (QED) is 0.897. The SMILES string of the molecule is CC1CSCCN1S(=O)(=O)c1ccc2c(c1)CNC2. The van der Waals surface area contributed by atoms with Crippen LogP contribution in [0, 0.1) is 0 Å². The lowest BCUT2D eigenvalue weighted by Gasteiger charge is -2.32. The Bertz CT molecular complexity index is 586. The van der Waals surface area contributed by atoms with Crippen molar-refractivity contribution in [2.24, 2.45) is 0 Å². The van der Waals surface area contributed by atoms with Gasteiger partial charge in [-0.1, -0.05) is 6.07 Å². The largest absolute Gasteiger partial charge is 0.309 e. The van der Waals surface area contributed by atoms with Crippen LogP contribution in [0.15, 0.2) is 23.1 Å². The van der Waals surface area contributed by atoms with Gasteiger partial charge in [-0.3, -0.25) is 0 Å². The first-order chi connectivity index (χ1) is 9.09. The maximum absolute atomic E-state index is 12.7. The molecule has 2 aliphatic rings. The molecular formula is C13H18N2O2S2. The lowest BCUT2D eigenvalue weighted by molar-refractivity contribution is 0.367. The highest BCUT2D eigenvalue weighted by molar-refractivity contribution is 7.99. The molecule has 0 aliphatic carbocycles. The fraction of sp³-hybridized carbons (Fsp3) is 0.538. The molecule has 3 rings (SSSR count). The molecule has 19 heavy (non-hydrogen) atoms. The van der Waals surface area contributed by atoms with Gasteiger partial charge < -0.3 is 5.32 Å². The minimum Gasteiger partial charge on any atom is -0.309 e. The summed E-state index contributed by atoms with van der Waals surface area (Å²) >= 11 is 1.82. The zero-order valence-electron chi connectivity index (χ0n) is 10.9. The summed E-state index contributed by atoms with van der Waals surface area (Å²) in [5.74, 6) is 1.77. The molecule has 0 bridgehead atoms.